The molecule has 1 atom stereocenters. The number of benzene rings is 2. The van der Waals surface area contributed by atoms with E-state index in [0.29, 0.717) is 47.5 Å². The average molecular weight is 496 g/mol. The Kier molecular flexibility index (Phi) is 8.47. The number of rotatable bonds is 9. The lowest BCUT2D eigenvalue weighted by molar-refractivity contribution is 0.159. The third-order valence-corrected chi connectivity index (χ3v) is 7.09. The van der Waals surface area contributed by atoms with Gasteiger partial charge < -0.3 is 18.9 Å². The monoisotopic (exact) mass is 495 g/mol. The molecule has 3 aromatic rings. The minimum Gasteiger partial charge on any atom is -0.493 e. The molecule has 1 fully saturated rings. The Labute approximate surface area is 212 Å². The van der Waals surface area contributed by atoms with Crippen LogP contribution in [0.1, 0.15) is 54.6 Å². The van der Waals surface area contributed by atoms with Crippen LogP contribution in [-0.2, 0) is 6.42 Å². The molecular weight excluding hydrogens is 462 g/mol. The number of ether oxygens (including phenoxy) is 2. The molecule has 1 aliphatic carbocycles. The van der Waals surface area contributed by atoms with Crippen molar-refractivity contribution in [3.8, 4) is 11.5 Å². The van der Waals surface area contributed by atoms with E-state index in [1.54, 1.807) is 14.2 Å². The highest BCUT2D eigenvalue weighted by molar-refractivity contribution is 6.30. The molecule has 2 aromatic carbocycles. The van der Waals surface area contributed by atoms with Gasteiger partial charge in [-0.1, -0.05) is 41.0 Å². The molecule has 0 aliphatic heterocycles. The highest BCUT2D eigenvalue weighted by Gasteiger charge is 2.29. The number of halogens is 1. The maximum absolute atomic E-state index is 6.10. The van der Waals surface area contributed by atoms with Gasteiger partial charge in [0.25, 0.3) is 0 Å². The number of methoxy groups -OCH3 is 2. The third kappa shape index (κ3) is 6.44. The van der Waals surface area contributed by atoms with Crippen LogP contribution in [0.3, 0.4) is 0 Å². The lowest BCUT2D eigenvalue weighted by Crippen LogP contribution is -2.30. The summed E-state index contributed by atoms with van der Waals surface area (Å²) in [4.78, 5) is 6.88. The fourth-order valence-electron chi connectivity index (χ4n) is 5.10. The lowest BCUT2D eigenvalue weighted by atomic mass is 9.76. The van der Waals surface area contributed by atoms with Gasteiger partial charge in [-0.2, -0.15) is 4.98 Å². The Bertz CT molecular complexity index is 1120. The Balaban J connectivity index is 1.33. The van der Waals surface area contributed by atoms with Crippen molar-refractivity contribution in [2.24, 2.45) is 11.8 Å². The summed E-state index contributed by atoms with van der Waals surface area (Å²) in [5, 5.41) is 4.93. The summed E-state index contributed by atoms with van der Waals surface area (Å²) >= 11 is 6.10. The SMILES string of the molecule is COc1ccc(Cc2noc(/C=C/C3CCC(C(c4ccc(Cl)cc4)N(C)C)CC3)n2)cc1OC. The second-order valence-corrected chi connectivity index (χ2v) is 9.85. The minimum absolute atomic E-state index is 0.410. The van der Waals surface area contributed by atoms with Gasteiger partial charge in [-0.25, -0.2) is 0 Å². The van der Waals surface area contributed by atoms with Gasteiger partial charge >= 0.3 is 0 Å². The molecule has 1 unspecified atom stereocenters. The molecule has 0 bridgehead atoms. The zero-order valence-corrected chi connectivity index (χ0v) is 21.7. The smallest absolute Gasteiger partial charge is 0.250 e. The molecule has 1 saturated carbocycles. The van der Waals surface area contributed by atoms with Crippen molar-refractivity contribution in [3.05, 3.63) is 76.4 Å². The fourth-order valence-corrected chi connectivity index (χ4v) is 5.23. The van der Waals surface area contributed by atoms with E-state index in [2.05, 4.69) is 47.3 Å². The molecule has 0 saturated heterocycles. The molecule has 186 valence electrons. The predicted molar refractivity (Wildman–Crippen MR) is 139 cm³/mol. The van der Waals surface area contributed by atoms with Crippen LogP contribution in [-0.4, -0.2) is 43.4 Å². The molecule has 6 nitrogen and oxygen atoms in total. The Morgan fingerprint density at radius 3 is 2.40 bits per heavy atom. The van der Waals surface area contributed by atoms with Crippen LogP contribution in [0.4, 0.5) is 0 Å². The zero-order chi connectivity index (χ0) is 24.8. The van der Waals surface area contributed by atoms with Crippen LogP contribution in [0.2, 0.25) is 5.02 Å². The number of hydrogen-bond acceptors (Lipinski definition) is 6. The van der Waals surface area contributed by atoms with Crippen molar-refractivity contribution in [2.75, 3.05) is 28.3 Å². The minimum atomic E-state index is 0.410. The van der Waals surface area contributed by atoms with E-state index < -0.39 is 0 Å². The van der Waals surface area contributed by atoms with Crippen LogP contribution < -0.4 is 9.47 Å². The molecule has 7 heteroatoms. The van der Waals surface area contributed by atoms with E-state index >= 15 is 0 Å². The van der Waals surface area contributed by atoms with Crippen LogP contribution in [0.15, 0.2) is 53.1 Å². The summed E-state index contributed by atoms with van der Waals surface area (Å²) in [6.07, 6.45) is 9.47. The summed E-state index contributed by atoms with van der Waals surface area (Å²) in [5.74, 6) is 3.75. The van der Waals surface area contributed by atoms with E-state index in [1.165, 1.54) is 18.4 Å². The average Bonchev–Trinajstić information content (AvgIpc) is 3.31. The molecule has 1 aromatic heterocycles. The van der Waals surface area contributed by atoms with Crippen molar-refractivity contribution in [3.63, 3.8) is 0 Å². The molecule has 0 amide bonds. The first-order valence-electron chi connectivity index (χ1n) is 12.1. The summed E-state index contributed by atoms with van der Waals surface area (Å²) in [6.45, 7) is 0. The van der Waals surface area contributed by atoms with Gasteiger partial charge in [-0.3, -0.25) is 0 Å². The summed E-state index contributed by atoms with van der Waals surface area (Å²) in [6, 6.07) is 14.5. The Hall–Kier alpha value is -2.83. The number of nitrogens with zero attached hydrogens (tertiary/aromatic N) is 3. The second kappa shape index (κ2) is 11.7. The standard InChI is InChI=1S/C28H34ClN3O3/c1-32(2)28(22-11-13-23(29)14-12-22)21-9-5-19(6-10-21)8-16-27-30-26(31-35-27)18-20-7-15-24(33-3)25(17-20)34-4/h7-8,11-17,19,21,28H,5-6,9-10,18H2,1-4H3/b16-8+. The Morgan fingerprint density at radius 2 is 1.74 bits per heavy atom. The van der Waals surface area contributed by atoms with Crippen LogP contribution in [0.5, 0.6) is 11.5 Å². The summed E-state index contributed by atoms with van der Waals surface area (Å²) < 4.78 is 16.2. The van der Waals surface area contributed by atoms with E-state index in [1.807, 2.05) is 36.4 Å². The van der Waals surface area contributed by atoms with Gasteiger partial charge in [-0.05, 0) is 93.1 Å². The normalized spacial score (nSPS) is 19.3. The van der Waals surface area contributed by atoms with E-state index in [-0.39, 0.29) is 0 Å². The molecule has 0 spiro atoms. The first kappa shape index (κ1) is 25.3. The van der Waals surface area contributed by atoms with Crippen molar-refractivity contribution < 1.29 is 14.0 Å². The fraction of sp³-hybridized carbons (Fsp3) is 0.429. The molecule has 0 radical (unpaired) electrons. The lowest BCUT2D eigenvalue weighted by Gasteiger charge is -2.37. The zero-order valence-electron chi connectivity index (χ0n) is 20.9. The largest absolute Gasteiger partial charge is 0.493 e. The number of hydrogen-bond donors (Lipinski definition) is 0. The van der Waals surface area contributed by atoms with Gasteiger partial charge in [-0.15, -0.1) is 0 Å². The summed E-state index contributed by atoms with van der Waals surface area (Å²) in [5.41, 5.74) is 2.37. The van der Waals surface area contributed by atoms with Crippen LogP contribution >= 0.6 is 11.6 Å². The molecule has 1 heterocycles. The van der Waals surface area contributed by atoms with E-state index in [9.17, 15) is 0 Å². The highest BCUT2D eigenvalue weighted by Crippen LogP contribution is 2.40. The maximum Gasteiger partial charge on any atom is 0.250 e. The van der Waals surface area contributed by atoms with Crippen LogP contribution in [0.25, 0.3) is 6.08 Å². The van der Waals surface area contributed by atoms with Gasteiger partial charge in [0.2, 0.25) is 5.89 Å². The first-order chi connectivity index (χ1) is 17.0. The quantitative estimate of drug-likeness (QED) is 0.340. The summed E-state index contributed by atoms with van der Waals surface area (Å²) in [7, 11) is 7.59. The van der Waals surface area contributed by atoms with Crippen molar-refractivity contribution in [1.82, 2.24) is 15.0 Å². The second-order valence-electron chi connectivity index (χ2n) is 9.41. The van der Waals surface area contributed by atoms with Gasteiger partial charge in [0.15, 0.2) is 17.3 Å². The maximum atomic E-state index is 6.10. The molecule has 0 N–H and O–H groups in total. The first-order valence-corrected chi connectivity index (χ1v) is 12.5. The molecule has 1 aliphatic rings. The molecular formula is C28H34ClN3O3. The van der Waals surface area contributed by atoms with E-state index in [0.717, 1.165) is 23.4 Å². The van der Waals surface area contributed by atoms with Gasteiger partial charge in [0.05, 0.1) is 14.2 Å². The van der Waals surface area contributed by atoms with Gasteiger partial charge in [0.1, 0.15) is 0 Å². The third-order valence-electron chi connectivity index (χ3n) is 6.84. The van der Waals surface area contributed by atoms with Gasteiger partial charge in [0, 0.05) is 17.5 Å². The van der Waals surface area contributed by atoms with E-state index in [4.69, 9.17) is 25.6 Å². The molecule has 35 heavy (non-hydrogen) atoms. The van der Waals surface area contributed by atoms with Crippen molar-refractivity contribution in [2.45, 2.75) is 38.1 Å². The topological polar surface area (TPSA) is 60.6 Å². The number of aromatic nitrogens is 2. The Morgan fingerprint density at radius 1 is 1.03 bits per heavy atom. The predicted octanol–water partition coefficient (Wildman–Crippen LogP) is 6.45. The van der Waals surface area contributed by atoms with Crippen molar-refractivity contribution in [1.29, 1.82) is 0 Å². The molecule has 4 rings (SSSR count). The van der Waals surface area contributed by atoms with Crippen molar-refractivity contribution >= 4 is 17.7 Å². The number of allylic oxidation sites excluding steroid dienone is 1. The van der Waals surface area contributed by atoms with Crippen LogP contribution in [0, 0.1) is 11.8 Å². The highest BCUT2D eigenvalue weighted by atomic mass is 35.5.